The second-order valence-electron chi connectivity index (χ2n) is 6.56. The number of alkyl halides is 9. The fourth-order valence-electron chi connectivity index (χ4n) is 2.96. The van der Waals surface area contributed by atoms with E-state index < -0.39 is 48.3 Å². The Labute approximate surface area is 170 Å². The van der Waals surface area contributed by atoms with Gasteiger partial charge in [0.25, 0.3) is 0 Å². The second kappa shape index (κ2) is 8.75. The largest absolute Gasteiger partial charge is 0.416 e. The molecule has 0 heterocycles. The monoisotopic (exact) mass is 458 g/mol. The van der Waals surface area contributed by atoms with Crippen LogP contribution in [0, 0.1) is 4.91 Å². The van der Waals surface area contributed by atoms with Crippen molar-refractivity contribution >= 4 is 5.69 Å². The van der Waals surface area contributed by atoms with Crippen molar-refractivity contribution in [3.63, 3.8) is 0 Å². The van der Waals surface area contributed by atoms with Crippen LogP contribution in [-0.2, 0) is 31.6 Å². The molecule has 0 saturated heterocycles. The summed E-state index contributed by atoms with van der Waals surface area (Å²) in [6, 6.07) is 3.45. The zero-order chi connectivity index (χ0) is 23.6. The van der Waals surface area contributed by atoms with Crippen LogP contribution in [0.3, 0.4) is 0 Å². The van der Waals surface area contributed by atoms with Crippen LogP contribution in [0.5, 0.6) is 0 Å². The molecule has 2 aromatic carbocycles. The topological polar surface area (TPSA) is 32.7 Å². The van der Waals surface area contributed by atoms with Gasteiger partial charge in [-0.3, -0.25) is 0 Å². The highest BCUT2D eigenvalue weighted by atomic mass is 19.4. The van der Waals surface area contributed by atoms with E-state index in [0.29, 0.717) is 24.3 Å². The van der Waals surface area contributed by atoms with Gasteiger partial charge in [-0.2, -0.15) is 44.4 Å². The Morgan fingerprint density at radius 2 is 1.29 bits per heavy atom. The number of halogens is 9. The maximum atomic E-state index is 13.1. The molecule has 0 fully saturated rings. The lowest BCUT2D eigenvalue weighted by molar-refractivity contribution is -0.143. The van der Waals surface area contributed by atoms with Crippen molar-refractivity contribution in [2.75, 3.05) is 11.4 Å². The Balaban J connectivity index is 2.53. The molecule has 0 atom stereocenters. The first-order valence-corrected chi connectivity index (χ1v) is 8.69. The quantitative estimate of drug-likeness (QED) is 0.344. The Kier molecular flexibility index (Phi) is 6.91. The molecule has 170 valence electrons. The minimum absolute atomic E-state index is 0.0142. The second-order valence-corrected chi connectivity index (χ2v) is 6.56. The highest BCUT2D eigenvalue weighted by molar-refractivity contribution is 5.56. The van der Waals surface area contributed by atoms with E-state index in [9.17, 15) is 44.4 Å². The van der Waals surface area contributed by atoms with E-state index in [-0.39, 0.29) is 29.4 Å². The van der Waals surface area contributed by atoms with Gasteiger partial charge in [0.15, 0.2) is 0 Å². The van der Waals surface area contributed by atoms with Crippen LogP contribution in [0.15, 0.2) is 41.6 Å². The number of rotatable bonds is 6. The zero-order valence-corrected chi connectivity index (χ0v) is 15.8. The van der Waals surface area contributed by atoms with Crippen LogP contribution in [0.25, 0.3) is 0 Å². The van der Waals surface area contributed by atoms with Gasteiger partial charge in [-0.1, -0.05) is 5.18 Å². The Bertz CT molecular complexity index is 901. The van der Waals surface area contributed by atoms with E-state index in [4.69, 9.17) is 0 Å². The standard InChI is InChI=1S/C19H15F9N2O/c1-2-30(16-4-3-13(17(20,21)22)7-12(16)9-29-31)10-11-5-14(18(23,24)25)8-15(6-11)19(26,27)28/h3-8H,2,9-10H2,1H3. The van der Waals surface area contributed by atoms with Gasteiger partial charge in [0.05, 0.1) is 16.7 Å². The third-order valence-corrected chi connectivity index (χ3v) is 4.39. The fourth-order valence-corrected chi connectivity index (χ4v) is 2.96. The lowest BCUT2D eigenvalue weighted by Gasteiger charge is -2.27. The molecule has 0 radical (unpaired) electrons. The molecule has 0 bridgehead atoms. The van der Waals surface area contributed by atoms with Crippen LogP contribution in [-0.4, -0.2) is 6.54 Å². The van der Waals surface area contributed by atoms with Crippen LogP contribution in [0.1, 0.15) is 34.7 Å². The number of hydrogen-bond acceptors (Lipinski definition) is 3. The number of nitrogens with zero attached hydrogens (tertiary/aromatic N) is 2. The van der Waals surface area contributed by atoms with Crippen molar-refractivity contribution in [3.8, 4) is 0 Å². The predicted octanol–water partition coefficient (Wildman–Crippen LogP) is 7.04. The summed E-state index contributed by atoms with van der Waals surface area (Å²) in [6.07, 6.45) is -14.8. The van der Waals surface area contributed by atoms with Crippen molar-refractivity contribution in [1.82, 2.24) is 0 Å². The summed E-state index contributed by atoms with van der Waals surface area (Å²) >= 11 is 0. The first-order chi connectivity index (χ1) is 14.2. The van der Waals surface area contributed by atoms with Gasteiger partial charge in [-0.25, -0.2) is 0 Å². The van der Waals surface area contributed by atoms with Gasteiger partial charge in [0.2, 0.25) is 0 Å². The smallest absolute Gasteiger partial charge is 0.367 e. The minimum Gasteiger partial charge on any atom is -0.367 e. The maximum Gasteiger partial charge on any atom is 0.416 e. The summed E-state index contributed by atoms with van der Waals surface area (Å²) in [5.41, 5.74) is -4.54. The average Bonchev–Trinajstić information content (AvgIpc) is 2.64. The highest BCUT2D eigenvalue weighted by Crippen LogP contribution is 2.38. The Morgan fingerprint density at radius 3 is 1.71 bits per heavy atom. The molecular formula is C19H15F9N2O. The van der Waals surface area contributed by atoms with Gasteiger partial charge in [0, 0.05) is 24.3 Å². The summed E-state index contributed by atoms with van der Waals surface area (Å²) in [7, 11) is 0. The van der Waals surface area contributed by atoms with Crippen LogP contribution in [0.2, 0.25) is 0 Å². The molecule has 0 aliphatic carbocycles. The summed E-state index contributed by atoms with van der Waals surface area (Å²) in [5, 5.41) is 2.56. The number of hydrogen-bond donors (Lipinski definition) is 0. The molecule has 2 rings (SSSR count). The Morgan fingerprint density at radius 1 is 0.774 bits per heavy atom. The van der Waals surface area contributed by atoms with Crippen LogP contribution >= 0.6 is 0 Å². The molecule has 0 unspecified atom stereocenters. The van der Waals surface area contributed by atoms with E-state index in [1.807, 2.05) is 0 Å². The lowest BCUT2D eigenvalue weighted by Crippen LogP contribution is -2.24. The molecule has 3 nitrogen and oxygen atoms in total. The molecule has 0 aliphatic heterocycles. The molecule has 0 aromatic heterocycles. The third kappa shape index (κ3) is 6.11. The van der Waals surface area contributed by atoms with E-state index in [1.54, 1.807) is 0 Å². The number of benzene rings is 2. The maximum absolute atomic E-state index is 13.1. The van der Waals surface area contributed by atoms with Crippen molar-refractivity contribution < 1.29 is 39.5 Å². The third-order valence-electron chi connectivity index (χ3n) is 4.39. The van der Waals surface area contributed by atoms with E-state index in [0.717, 1.165) is 6.07 Å². The lowest BCUT2D eigenvalue weighted by atomic mass is 10.0. The molecule has 0 amide bonds. The van der Waals surface area contributed by atoms with Crippen molar-refractivity contribution in [3.05, 3.63) is 69.1 Å². The summed E-state index contributed by atoms with van der Waals surface area (Å²) in [4.78, 5) is 11.9. The summed E-state index contributed by atoms with van der Waals surface area (Å²) in [5.74, 6) is 0. The minimum atomic E-state index is -5.03. The molecule has 0 spiro atoms. The number of nitroso groups, excluding NO2 is 1. The van der Waals surface area contributed by atoms with Gasteiger partial charge >= 0.3 is 18.5 Å². The van der Waals surface area contributed by atoms with E-state index in [1.165, 1.54) is 11.8 Å². The first-order valence-electron chi connectivity index (χ1n) is 8.69. The molecule has 0 saturated carbocycles. The predicted molar refractivity (Wildman–Crippen MR) is 94.1 cm³/mol. The van der Waals surface area contributed by atoms with Gasteiger partial charge in [0.1, 0.15) is 6.54 Å². The molecule has 31 heavy (non-hydrogen) atoms. The van der Waals surface area contributed by atoms with E-state index in [2.05, 4.69) is 5.18 Å². The van der Waals surface area contributed by atoms with Gasteiger partial charge in [-0.05, 0) is 48.9 Å². The van der Waals surface area contributed by atoms with Gasteiger partial charge < -0.3 is 4.90 Å². The van der Waals surface area contributed by atoms with Crippen LogP contribution in [0.4, 0.5) is 45.2 Å². The summed E-state index contributed by atoms with van der Waals surface area (Å²) in [6.45, 7) is 0.399. The normalized spacial score (nSPS) is 12.7. The molecule has 0 N–H and O–H groups in total. The molecule has 0 aliphatic rings. The van der Waals surface area contributed by atoms with Crippen molar-refractivity contribution in [1.29, 1.82) is 0 Å². The molecule has 12 heteroatoms. The van der Waals surface area contributed by atoms with Gasteiger partial charge in [-0.15, -0.1) is 0 Å². The molecular weight excluding hydrogens is 443 g/mol. The van der Waals surface area contributed by atoms with Crippen molar-refractivity contribution in [2.24, 2.45) is 5.18 Å². The fraction of sp³-hybridized carbons (Fsp3) is 0.368. The highest BCUT2D eigenvalue weighted by Gasteiger charge is 2.37. The zero-order valence-electron chi connectivity index (χ0n) is 15.8. The average molecular weight is 458 g/mol. The van der Waals surface area contributed by atoms with E-state index >= 15 is 0 Å². The SMILES string of the molecule is CCN(Cc1cc(C(F)(F)F)cc(C(F)(F)F)c1)c1ccc(C(F)(F)F)cc1CN=O. The van der Waals surface area contributed by atoms with Crippen LogP contribution < -0.4 is 4.90 Å². The summed E-state index contributed by atoms with van der Waals surface area (Å²) < 4.78 is 117. The van der Waals surface area contributed by atoms with Crippen molar-refractivity contribution in [2.45, 2.75) is 38.5 Å². The first kappa shape index (κ1) is 24.5. The number of anilines is 1. The Hall–Kier alpha value is -2.79. The molecule has 2 aromatic rings.